The fourth-order valence-electron chi connectivity index (χ4n) is 3.09. The molecule has 3 aromatic carbocycles. The lowest BCUT2D eigenvalue weighted by molar-refractivity contribution is -0.137. The Morgan fingerprint density at radius 3 is 2.12 bits per heavy atom. The van der Waals surface area contributed by atoms with Gasteiger partial charge in [0.25, 0.3) is 0 Å². The Morgan fingerprint density at radius 2 is 1.45 bits per heavy atom. The highest BCUT2D eigenvalue weighted by atomic mass is 32.2. The molecule has 0 aliphatic heterocycles. The molecule has 33 heavy (non-hydrogen) atoms. The molecule has 176 valence electrons. The Labute approximate surface area is 186 Å². The predicted octanol–water partition coefficient (Wildman–Crippen LogP) is 4.64. The smallest absolute Gasteiger partial charge is 0.326 e. The fourth-order valence-corrected chi connectivity index (χ4v) is 4.23. The summed E-state index contributed by atoms with van der Waals surface area (Å²) in [5, 5.41) is 0. The predicted molar refractivity (Wildman–Crippen MR) is 110 cm³/mol. The van der Waals surface area contributed by atoms with Crippen molar-refractivity contribution in [3.8, 4) is 11.1 Å². The number of halogens is 6. The van der Waals surface area contributed by atoms with Crippen LogP contribution in [0, 0.1) is 17.5 Å². The fraction of sp³-hybridized carbons (Fsp3) is 0.182. The second-order valence-corrected chi connectivity index (χ2v) is 9.05. The minimum absolute atomic E-state index is 0.174. The summed E-state index contributed by atoms with van der Waals surface area (Å²) in [5.74, 6) is -3.63. The lowest BCUT2D eigenvalue weighted by atomic mass is 10.0. The highest BCUT2D eigenvalue weighted by molar-refractivity contribution is 7.89. The zero-order valence-corrected chi connectivity index (χ0v) is 17.7. The Kier molecular flexibility index (Phi) is 7.15. The number of hydrogen-bond acceptors (Lipinski definition) is 3. The number of alkyl halides is 3. The average molecular weight is 488 g/mol. The van der Waals surface area contributed by atoms with Crippen molar-refractivity contribution in [3.63, 3.8) is 0 Å². The molecule has 4 nitrogen and oxygen atoms in total. The molecule has 1 atom stereocenters. The van der Waals surface area contributed by atoms with Gasteiger partial charge < -0.3 is 5.73 Å². The third-order valence-electron chi connectivity index (χ3n) is 4.77. The van der Waals surface area contributed by atoms with E-state index in [0.29, 0.717) is 12.1 Å². The van der Waals surface area contributed by atoms with Gasteiger partial charge in [-0.05, 0) is 53.4 Å². The quantitative estimate of drug-likeness (QED) is 0.376. The monoisotopic (exact) mass is 488 g/mol. The Balaban J connectivity index is 1.74. The first-order valence-electron chi connectivity index (χ1n) is 9.53. The zero-order chi connectivity index (χ0) is 24.4. The van der Waals surface area contributed by atoms with Crippen LogP contribution in [0.4, 0.5) is 26.3 Å². The van der Waals surface area contributed by atoms with Gasteiger partial charge in [-0.15, -0.1) is 0 Å². The van der Waals surface area contributed by atoms with Gasteiger partial charge in [0.2, 0.25) is 10.0 Å². The molecule has 0 radical (unpaired) electrons. The van der Waals surface area contributed by atoms with E-state index in [0.717, 1.165) is 12.1 Å². The summed E-state index contributed by atoms with van der Waals surface area (Å²) >= 11 is 0. The van der Waals surface area contributed by atoms with Gasteiger partial charge in [-0.2, -0.15) is 13.2 Å². The van der Waals surface area contributed by atoms with Crippen LogP contribution in [0.2, 0.25) is 0 Å². The maximum absolute atomic E-state index is 13.8. The van der Waals surface area contributed by atoms with E-state index in [1.165, 1.54) is 36.4 Å². The number of hydrogen-bond donors (Lipinski definition) is 2. The molecule has 0 amide bonds. The van der Waals surface area contributed by atoms with Crippen molar-refractivity contribution in [3.05, 3.63) is 89.2 Å². The van der Waals surface area contributed by atoms with Crippen LogP contribution in [0.5, 0.6) is 0 Å². The van der Waals surface area contributed by atoms with E-state index in [1.807, 2.05) is 0 Å². The molecule has 3 rings (SSSR count). The molecular formula is C22H18F6N2O2S. The molecule has 0 aliphatic rings. The SMILES string of the molecule is N[C@@H](CNS(=O)(=O)c1cccc(-c2cccc(C(F)(F)F)c2)c1)Cc1cc(F)c(F)cc1F. The van der Waals surface area contributed by atoms with Gasteiger partial charge in [0.05, 0.1) is 10.5 Å². The van der Waals surface area contributed by atoms with Crippen LogP contribution in [-0.2, 0) is 22.6 Å². The first-order valence-corrected chi connectivity index (χ1v) is 11.0. The summed E-state index contributed by atoms with van der Waals surface area (Å²) in [4.78, 5) is -0.219. The zero-order valence-electron chi connectivity index (χ0n) is 16.8. The van der Waals surface area contributed by atoms with Gasteiger partial charge >= 0.3 is 6.18 Å². The van der Waals surface area contributed by atoms with Gasteiger partial charge in [-0.1, -0.05) is 24.3 Å². The van der Waals surface area contributed by atoms with Gasteiger partial charge in [-0.3, -0.25) is 0 Å². The lowest BCUT2D eigenvalue weighted by Gasteiger charge is -2.15. The van der Waals surface area contributed by atoms with Gasteiger partial charge in [-0.25, -0.2) is 26.3 Å². The van der Waals surface area contributed by atoms with Crippen LogP contribution in [0.3, 0.4) is 0 Å². The molecule has 0 aliphatic carbocycles. The van der Waals surface area contributed by atoms with E-state index in [4.69, 9.17) is 5.73 Å². The molecule has 3 aromatic rings. The van der Waals surface area contributed by atoms with E-state index in [9.17, 15) is 34.8 Å². The van der Waals surface area contributed by atoms with Crippen LogP contribution >= 0.6 is 0 Å². The van der Waals surface area contributed by atoms with Crippen molar-refractivity contribution < 1.29 is 34.8 Å². The standard InChI is InChI=1S/C22H18F6N2O2S/c23-19-11-21(25)20(24)10-15(19)8-17(29)12-30-33(31,32)18-6-2-4-14(9-18)13-3-1-5-16(7-13)22(26,27)28/h1-7,9-11,17,30H,8,12,29H2/t17-/m1/s1. The second-order valence-electron chi connectivity index (χ2n) is 7.28. The topological polar surface area (TPSA) is 72.2 Å². The van der Waals surface area contributed by atoms with E-state index in [2.05, 4.69) is 4.72 Å². The van der Waals surface area contributed by atoms with Crippen LogP contribution < -0.4 is 10.5 Å². The Bertz CT molecular complexity index is 1260. The number of nitrogens with one attached hydrogen (secondary N) is 1. The first-order chi connectivity index (χ1) is 15.4. The summed E-state index contributed by atoms with van der Waals surface area (Å²) in [5.41, 5.74) is 5.14. The Morgan fingerprint density at radius 1 is 0.848 bits per heavy atom. The van der Waals surface area contributed by atoms with Gasteiger partial charge in [0.15, 0.2) is 11.6 Å². The normalized spacial score (nSPS) is 13.2. The molecule has 0 fully saturated rings. The highest BCUT2D eigenvalue weighted by Gasteiger charge is 2.30. The molecule has 11 heteroatoms. The number of rotatable bonds is 7. The number of sulfonamides is 1. The summed E-state index contributed by atoms with van der Waals surface area (Å²) in [6.07, 6.45) is -4.82. The maximum atomic E-state index is 13.8. The van der Waals surface area contributed by atoms with E-state index < -0.39 is 45.3 Å². The largest absolute Gasteiger partial charge is 0.416 e. The molecule has 0 bridgehead atoms. The summed E-state index contributed by atoms with van der Waals surface area (Å²) in [6.45, 7) is -0.353. The number of benzene rings is 3. The van der Waals surface area contributed by atoms with Crippen LogP contribution in [0.25, 0.3) is 11.1 Å². The third-order valence-corrected chi connectivity index (χ3v) is 6.20. The van der Waals surface area contributed by atoms with Crippen LogP contribution in [-0.4, -0.2) is 21.0 Å². The Hall–Kier alpha value is -2.89. The second kappa shape index (κ2) is 9.54. The van der Waals surface area contributed by atoms with Crippen molar-refractivity contribution in [2.45, 2.75) is 23.5 Å². The minimum Gasteiger partial charge on any atom is -0.326 e. The molecule has 0 saturated carbocycles. The van der Waals surface area contributed by atoms with Crippen LogP contribution in [0.1, 0.15) is 11.1 Å². The first kappa shape index (κ1) is 24.7. The van der Waals surface area contributed by atoms with E-state index in [-0.39, 0.29) is 34.6 Å². The summed E-state index contributed by atoms with van der Waals surface area (Å²) in [6, 6.07) is 9.80. The molecular weight excluding hydrogens is 470 g/mol. The van der Waals surface area contributed by atoms with Gasteiger partial charge in [0.1, 0.15) is 5.82 Å². The minimum atomic E-state index is -4.55. The van der Waals surface area contributed by atoms with Crippen molar-refractivity contribution in [2.75, 3.05) is 6.54 Å². The van der Waals surface area contributed by atoms with E-state index in [1.54, 1.807) is 0 Å². The summed E-state index contributed by atoms with van der Waals surface area (Å²) in [7, 11) is -4.12. The number of nitrogens with two attached hydrogens (primary N) is 1. The van der Waals surface area contributed by atoms with Crippen molar-refractivity contribution in [1.29, 1.82) is 0 Å². The molecule has 0 spiro atoms. The lowest BCUT2D eigenvalue weighted by Crippen LogP contribution is -2.38. The average Bonchev–Trinajstić information content (AvgIpc) is 2.76. The third kappa shape index (κ3) is 6.12. The highest BCUT2D eigenvalue weighted by Crippen LogP contribution is 2.32. The molecule has 0 heterocycles. The molecule has 0 aromatic heterocycles. The molecule has 0 saturated heterocycles. The van der Waals surface area contributed by atoms with Crippen LogP contribution in [0.15, 0.2) is 65.6 Å². The van der Waals surface area contributed by atoms with Crippen molar-refractivity contribution in [2.24, 2.45) is 5.73 Å². The summed E-state index contributed by atoms with van der Waals surface area (Å²) < 4.78 is 107. The van der Waals surface area contributed by atoms with Crippen molar-refractivity contribution in [1.82, 2.24) is 4.72 Å². The maximum Gasteiger partial charge on any atom is 0.416 e. The van der Waals surface area contributed by atoms with Gasteiger partial charge in [0, 0.05) is 18.7 Å². The molecule has 3 N–H and O–H groups in total. The van der Waals surface area contributed by atoms with E-state index >= 15 is 0 Å². The van der Waals surface area contributed by atoms with Crippen molar-refractivity contribution >= 4 is 10.0 Å². The molecule has 0 unspecified atom stereocenters.